The average molecular weight is 366 g/mol. The molecular weight excluding hydrogens is 348 g/mol. The molecule has 132 valence electrons. The number of urea groups is 1. The van der Waals surface area contributed by atoms with Gasteiger partial charge in [0, 0.05) is 28.0 Å². The van der Waals surface area contributed by atoms with Crippen molar-refractivity contribution in [3.63, 3.8) is 0 Å². The molecule has 26 heavy (non-hydrogen) atoms. The molecular formula is C19H18N4O2S. The van der Waals surface area contributed by atoms with Crippen molar-refractivity contribution in [2.75, 3.05) is 10.6 Å². The Balaban J connectivity index is 1.52. The molecule has 0 bridgehead atoms. The summed E-state index contributed by atoms with van der Waals surface area (Å²) in [6.45, 7) is 2.37. The first kappa shape index (κ1) is 17.6. The van der Waals surface area contributed by atoms with Gasteiger partial charge in [0.05, 0.1) is 11.6 Å². The summed E-state index contributed by atoms with van der Waals surface area (Å²) in [5.74, 6) is -0.170. The van der Waals surface area contributed by atoms with Crippen molar-refractivity contribution in [2.24, 2.45) is 0 Å². The predicted octanol–water partition coefficient (Wildman–Crippen LogP) is 4.03. The number of hydrogen-bond acceptors (Lipinski definition) is 4. The highest BCUT2D eigenvalue weighted by molar-refractivity contribution is 7.11. The fourth-order valence-electron chi connectivity index (χ4n) is 2.28. The highest BCUT2D eigenvalue weighted by atomic mass is 32.1. The second kappa shape index (κ2) is 8.26. The molecule has 0 saturated carbocycles. The zero-order chi connectivity index (χ0) is 18.4. The van der Waals surface area contributed by atoms with Crippen LogP contribution < -0.4 is 16.0 Å². The molecule has 2 aromatic carbocycles. The van der Waals surface area contributed by atoms with E-state index in [9.17, 15) is 9.59 Å². The van der Waals surface area contributed by atoms with Crippen LogP contribution >= 0.6 is 11.3 Å². The Hall–Kier alpha value is -3.19. The Kier molecular flexibility index (Phi) is 5.60. The molecule has 1 heterocycles. The molecule has 0 fully saturated rings. The first-order valence-electron chi connectivity index (χ1n) is 8.03. The van der Waals surface area contributed by atoms with E-state index >= 15 is 0 Å². The third kappa shape index (κ3) is 4.90. The van der Waals surface area contributed by atoms with Gasteiger partial charge in [-0.1, -0.05) is 18.2 Å². The Labute approximate surface area is 155 Å². The minimum Gasteiger partial charge on any atom is -0.347 e. The number of benzene rings is 2. The number of nitrogens with one attached hydrogen (secondary N) is 3. The monoisotopic (exact) mass is 366 g/mol. The van der Waals surface area contributed by atoms with Gasteiger partial charge in [-0.25, -0.2) is 9.78 Å². The molecule has 0 atom stereocenters. The number of amides is 3. The highest BCUT2D eigenvalue weighted by Crippen LogP contribution is 2.13. The van der Waals surface area contributed by atoms with E-state index in [1.165, 1.54) is 0 Å². The van der Waals surface area contributed by atoms with Crippen LogP contribution in [0.5, 0.6) is 0 Å². The Bertz CT molecular complexity index is 891. The summed E-state index contributed by atoms with van der Waals surface area (Å²) in [7, 11) is 0. The molecule has 3 amide bonds. The van der Waals surface area contributed by atoms with Crippen LogP contribution in [-0.2, 0) is 6.54 Å². The second-order valence-corrected chi connectivity index (χ2v) is 6.87. The molecule has 0 aliphatic carbocycles. The number of hydrogen-bond donors (Lipinski definition) is 3. The van der Waals surface area contributed by atoms with Crippen molar-refractivity contribution in [1.82, 2.24) is 10.3 Å². The minimum absolute atomic E-state index is 0.170. The van der Waals surface area contributed by atoms with Gasteiger partial charge in [-0.3, -0.25) is 4.79 Å². The van der Waals surface area contributed by atoms with Crippen molar-refractivity contribution in [1.29, 1.82) is 0 Å². The normalized spacial score (nSPS) is 10.2. The van der Waals surface area contributed by atoms with Crippen molar-refractivity contribution in [3.05, 3.63) is 76.2 Å². The summed E-state index contributed by atoms with van der Waals surface area (Å²) in [6.07, 6.45) is 1.76. The van der Waals surface area contributed by atoms with Crippen LogP contribution in [0.4, 0.5) is 16.2 Å². The first-order valence-corrected chi connectivity index (χ1v) is 8.84. The summed E-state index contributed by atoms with van der Waals surface area (Å²) in [6, 6.07) is 15.6. The Morgan fingerprint density at radius 1 is 0.962 bits per heavy atom. The third-order valence-electron chi connectivity index (χ3n) is 3.53. The Morgan fingerprint density at radius 2 is 1.62 bits per heavy atom. The van der Waals surface area contributed by atoms with Crippen LogP contribution in [0.2, 0.25) is 0 Å². The van der Waals surface area contributed by atoms with E-state index < -0.39 is 0 Å². The first-order chi connectivity index (χ1) is 12.6. The van der Waals surface area contributed by atoms with Crippen LogP contribution in [0.1, 0.15) is 20.2 Å². The molecule has 0 saturated heterocycles. The summed E-state index contributed by atoms with van der Waals surface area (Å²) in [4.78, 5) is 29.3. The molecule has 0 aliphatic heterocycles. The maximum absolute atomic E-state index is 12.2. The van der Waals surface area contributed by atoms with Crippen LogP contribution in [-0.4, -0.2) is 16.9 Å². The van der Waals surface area contributed by atoms with Crippen molar-refractivity contribution < 1.29 is 9.59 Å². The summed E-state index contributed by atoms with van der Waals surface area (Å²) >= 11 is 1.55. The van der Waals surface area contributed by atoms with Crippen LogP contribution in [0.3, 0.4) is 0 Å². The Morgan fingerprint density at radius 3 is 2.23 bits per heavy atom. The van der Waals surface area contributed by atoms with Gasteiger partial charge >= 0.3 is 6.03 Å². The number of thiazole rings is 1. The number of rotatable bonds is 5. The number of carbonyl (C=O) groups excluding carboxylic acids is 2. The quantitative estimate of drug-likeness (QED) is 0.638. The van der Waals surface area contributed by atoms with Crippen molar-refractivity contribution in [3.8, 4) is 0 Å². The maximum atomic E-state index is 12.2. The summed E-state index contributed by atoms with van der Waals surface area (Å²) < 4.78 is 0. The number of anilines is 2. The fraction of sp³-hybridized carbons (Fsp3) is 0.105. The topological polar surface area (TPSA) is 83.1 Å². The van der Waals surface area contributed by atoms with Gasteiger partial charge in [0.1, 0.15) is 0 Å². The van der Waals surface area contributed by atoms with Crippen molar-refractivity contribution >= 4 is 34.6 Å². The molecule has 6 nitrogen and oxygen atoms in total. The lowest BCUT2D eigenvalue weighted by Crippen LogP contribution is -2.22. The fourth-order valence-corrected chi connectivity index (χ4v) is 3.01. The lowest BCUT2D eigenvalue weighted by atomic mass is 10.2. The highest BCUT2D eigenvalue weighted by Gasteiger charge is 2.08. The van der Waals surface area contributed by atoms with Crippen LogP contribution in [0, 0.1) is 6.92 Å². The minimum atomic E-state index is -0.339. The van der Waals surface area contributed by atoms with Gasteiger partial charge in [0.15, 0.2) is 0 Å². The number of aryl methyl sites for hydroxylation is 1. The third-order valence-corrected chi connectivity index (χ3v) is 4.44. The van der Waals surface area contributed by atoms with Crippen molar-refractivity contribution in [2.45, 2.75) is 13.5 Å². The van der Waals surface area contributed by atoms with Gasteiger partial charge in [0.2, 0.25) is 0 Å². The van der Waals surface area contributed by atoms with Gasteiger partial charge in [0.25, 0.3) is 5.91 Å². The van der Waals surface area contributed by atoms with Gasteiger partial charge in [-0.15, -0.1) is 11.3 Å². The van der Waals surface area contributed by atoms with E-state index in [1.807, 2.05) is 25.1 Å². The second-order valence-electron chi connectivity index (χ2n) is 5.55. The maximum Gasteiger partial charge on any atom is 0.323 e. The number of para-hydroxylation sites is 1. The van der Waals surface area contributed by atoms with E-state index in [0.717, 1.165) is 9.88 Å². The molecule has 7 heteroatoms. The SMILES string of the molecule is Cc1ncc(CNC(=O)c2ccc(NC(=O)Nc3ccccc3)cc2)s1. The molecule has 0 aliphatic rings. The summed E-state index contributed by atoms with van der Waals surface area (Å²) in [5.41, 5.74) is 1.84. The molecule has 3 N–H and O–H groups in total. The molecule has 0 spiro atoms. The largest absolute Gasteiger partial charge is 0.347 e. The zero-order valence-corrected chi connectivity index (χ0v) is 15.0. The number of nitrogens with zero attached hydrogens (tertiary/aromatic N) is 1. The number of carbonyl (C=O) groups is 2. The predicted molar refractivity (Wildman–Crippen MR) is 104 cm³/mol. The van der Waals surface area contributed by atoms with Gasteiger partial charge in [-0.05, 0) is 43.3 Å². The van der Waals surface area contributed by atoms with E-state index in [2.05, 4.69) is 20.9 Å². The van der Waals surface area contributed by atoms with E-state index in [4.69, 9.17) is 0 Å². The number of aromatic nitrogens is 1. The smallest absolute Gasteiger partial charge is 0.323 e. The van der Waals surface area contributed by atoms with Crippen LogP contribution in [0.25, 0.3) is 0 Å². The molecule has 0 unspecified atom stereocenters. The average Bonchev–Trinajstić information content (AvgIpc) is 3.06. The lowest BCUT2D eigenvalue weighted by Gasteiger charge is -2.08. The van der Waals surface area contributed by atoms with E-state index in [0.29, 0.717) is 23.5 Å². The molecule has 0 radical (unpaired) electrons. The molecule has 3 aromatic rings. The molecule has 1 aromatic heterocycles. The lowest BCUT2D eigenvalue weighted by molar-refractivity contribution is 0.0951. The summed E-state index contributed by atoms with van der Waals surface area (Å²) in [5, 5.41) is 9.29. The molecule has 3 rings (SSSR count). The van der Waals surface area contributed by atoms with E-state index in [-0.39, 0.29) is 11.9 Å². The van der Waals surface area contributed by atoms with E-state index in [1.54, 1.807) is 53.9 Å². The van der Waals surface area contributed by atoms with Crippen LogP contribution in [0.15, 0.2) is 60.8 Å². The van der Waals surface area contributed by atoms with Gasteiger partial charge in [-0.2, -0.15) is 0 Å². The standard InChI is InChI=1S/C19H18N4O2S/c1-13-20-11-17(26-13)12-21-18(24)14-7-9-16(10-8-14)23-19(25)22-15-5-3-2-4-6-15/h2-11H,12H2,1H3,(H,21,24)(H2,22,23,25). The van der Waals surface area contributed by atoms with Gasteiger partial charge < -0.3 is 16.0 Å². The zero-order valence-electron chi connectivity index (χ0n) is 14.2.